The summed E-state index contributed by atoms with van der Waals surface area (Å²) >= 11 is 8.02. The van der Waals surface area contributed by atoms with Crippen molar-refractivity contribution in [1.82, 2.24) is 4.90 Å². The molecule has 1 aromatic rings. The van der Waals surface area contributed by atoms with E-state index in [0.29, 0.717) is 11.3 Å². The minimum Gasteiger partial charge on any atom is -0.364 e. The molecule has 0 aromatic carbocycles. The van der Waals surface area contributed by atoms with Crippen molar-refractivity contribution in [3.63, 3.8) is 0 Å². The van der Waals surface area contributed by atoms with Crippen molar-refractivity contribution < 1.29 is 4.79 Å². The largest absolute Gasteiger partial charge is 0.364 e. The maximum absolute atomic E-state index is 11.8. The number of hydrogen-bond acceptors (Lipinski definition) is 4. The zero-order valence-electron chi connectivity index (χ0n) is 9.23. The van der Waals surface area contributed by atoms with E-state index in [1.165, 1.54) is 23.1 Å². The van der Waals surface area contributed by atoms with E-state index in [0.717, 1.165) is 9.20 Å². The Hall–Kier alpha value is -0.650. The van der Waals surface area contributed by atoms with Crippen molar-refractivity contribution in [1.29, 1.82) is 0 Å². The molecular weight excluding hydrogens is 258 g/mol. The first-order valence-corrected chi connectivity index (χ1v) is 6.89. The Bertz CT molecular complexity index is 395. The van der Waals surface area contributed by atoms with Gasteiger partial charge in [-0.15, -0.1) is 11.3 Å². The molecule has 0 aliphatic heterocycles. The third kappa shape index (κ3) is 3.73. The first-order valence-electron chi connectivity index (χ1n) is 4.62. The molecular formula is C11H13NOS3. The van der Waals surface area contributed by atoms with Crippen molar-refractivity contribution in [2.75, 3.05) is 19.8 Å². The van der Waals surface area contributed by atoms with Gasteiger partial charge in [0.15, 0.2) is 5.78 Å². The molecule has 1 heterocycles. The predicted molar refractivity (Wildman–Crippen MR) is 76.5 cm³/mol. The van der Waals surface area contributed by atoms with Crippen molar-refractivity contribution >= 4 is 45.4 Å². The lowest BCUT2D eigenvalue weighted by Gasteiger charge is -2.12. The van der Waals surface area contributed by atoms with Crippen LogP contribution in [0.5, 0.6) is 0 Å². The van der Waals surface area contributed by atoms with Crippen LogP contribution in [0.3, 0.4) is 0 Å². The third-order valence-electron chi connectivity index (χ3n) is 1.80. The molecule has 0 bridgehead atoms. The molecule has 0 aliphatic carbocycles. The summed E-state index contributed by atoms with van der Waals surface area (Å²) in [4.78, 5) is 14.4. The number of thiophene rings is 1. The van der Waals surface area contributed by atoms with Crippen molar-refractivity contribution in [3.8, 4) is 0 Å². The highest BCUT2D eigenvalue weighted by atomic mass is 32.2. The van der Waals surface area contributed by atoms with Crippen LogP contribution in [-0.4, -0.2) is 34.9 Å². The molecule has 16 heavy (non-hydrogen) atoms. The summed E-state index contributed by atoms with van der Waals surface area (Å²) in [5.41, 5.74) is 0.594. The van der Waals surface area contributed by atoms with Gasteiger partial charge in [-0.05, 0) is 11.4 Å². The average Bonchev–Trinajstić information content (AvgIpc) is 2.77. The Balaban J connectivity index is 2.48. The molecule has 0 fully saturated rings. The Kier molecular flexibility index (Phi) is 5.18. The molecule has 0 radical (unpaired) electrons. The summed E-state index contributed by atoms with van der Waals surface area (Å²) in [6.07, 6.45) is 0. The summed E-state index contributed by atoms with van der Waals surface area (Å²) in [6.45, 7) is 3.80. The molecule has 1 aromatic heterocycles. The molecule has 86 valence electrons. The van der Waals surface area contributed by atoms with Crippen molar-refractivity contribution in [2.45, 2.75) is 0 Å². The van der Waals surface area contributed by atoms with Gasteiger partial charge in [0.05, 0.1) is 4.88 Å². The van der Waals surface area contributed by atoms with Crippen molar-refractivity contribution in [3.05, 3.63) is 34.5 Å². The lowest BCUT2D eigenvalue weighted by atomic mass is 10.2. The third-order valence-corrected chi connectivity index (χ3v) is 4.49. The molecule has 0 N–H and O–H groups in total. The van der Waals surface area contributed by atoms with Crippen molar-refractivity contribution in [2.24, 2.45) is 0 Å². The Morgan fingerprint density at radius 3 is 2.81 bits per heavy atom. The molecule has 5 heteroatoms. The zero-order chi connectivity index (χ0) is 12.1. The molecule has 1 rings (SSSR count). The summed E-state index contributed by atoms with van der Waals surface area (Å²) in [6, 6.07) is 3.68. The standard InChI is InChI=1S/C11H13NOS3/c1-8(7-16-11(14)12(2)3)10(13)9-5-4-6-15-9/h4-6H,1,7H2,2-3H3. The first kappa shape index (κ1) is 13.4. The van der Waals surface area contributed by atoms with E-state index in [1.807, 2.05) is 36.5 Å². The minimum atomic E-state index is 0.0176. The van der Waals surface area contributed by atoms with Crippen LogP contribution in [0.15, 0.2) is 29.7 Å². The van der Waals surface area contributed by atoms with Gasteiger partial charge >= 0.3 is 0 Å². The highest BCUT2D eigenvalue weighted by Gasteiger charge is 2.12. The summed E-state index contributed by atoms with van der Waals surface area (Å²) < 4.78 is 0.764. The predicted octanol–water partition coefficient (Wildman–Crippen LogP) is 3.07. The topological polar surface area (TPSA) is 20.3 Å². The number of carbonyl (C=O) groups is 1. The first-order chi connectivity index (χ1) is 7.52. The number of Topliss-reactive ketones (excluding diaryl/α,β-unsaturated/α-hetero) is 1. The maximum Gasteiger partial charge on any atom is 0.199 e. The van der Waals surface area contributed by atoms with Crippen LogP contribution in [0, 0.1) is 0 Å². The van der Waals surface area contributed by atoms with Crippen LogP contribution in [0.2, 0.25) is 0 Å². The Morgan fingerprint density at radius 2 is 2.31 bits per heavy atom. The van der Waals surface area contributed by atoms with Crippen LogP contribution in [0.25, 0.3) is 0 Å². The summed E-state index contributed by atoms with van der Waals surface area (Å²) in [5, 5.41) is 1.89. The van der Waals surface area contributed by atoms with Gasteiger partial charge < -0.3 is 4.90 Å². The van der Waals surface area contributed by atoms with Gasteiger partial charge in [0, 0.05) is 25.4 Å². The van der Waals surface area contributed by atoms with Crippen LogP contribution in [0.4, 0.5) is 0 Å². The number of thiocarbonyl (C=S) groups is 1. The van der Waals surface area contributed by atoms with Gasteiger partial charge in [0.25, 0.3) is 0 Å². The lowest BCUT2D eigenvalue weighted by Crippen LogP contribution is -2.17. The number of hydrogen-bond donors (Lipinski definition) is 0. The molecule has 0 amide bonds. The number of ketones is 1. The smallest absolute Gasteiger partial charge is 0.199 e. The molecule has 0 saturated carbocycles. The van der Waals surface area contributed by atoms with Crippen LogP contribution in [-0.2, 0) is 0 Å². The molecule has 2 nitrogen and oxygen atoms in total. The van der Waals surface area contributed by atoms with Gasteiger partial charge in [-0.1, -0.05) is 36.6 Å². The SMILES string of the molecule is C=C(CSC(=S)N(C)C)C(=O)c1cccs1. The maximum atomic E-state index is 11.8. The molecule has 0 unspecified atom stereocenters. The van der Waals surface area contributed by atoms with E-state index in [4.69, 9.17) is 12.2 Å². The number of thioether (sulfide) groups is 1. The zero-order valence-corrected chi connectivity index (χ0v) is 11.7. The van der Waals surface area contributed by atoms with E-state index in [1.54, 1.807) is 0 Å². The van der Waals surface area contributed by atoms with Gasteiger partial charge in [0.1, 0.15) is 4.32 Å². The van der Waals surface area contributed by atoms with Gasteiger partial charge in [-0.3, -0.25) is 4.79 Å². The van der Waals surface area contributed by atoms with E-state index in [2.05, 4.69) is 6.58 Å². The normalized spacial score (nSPS) is 9.88. The highest BCUT2D eigenvalue weighted by Crippen LogP contribution is 2.17. The molecule has 0 spiro atoms. The fourth-order valence-electron chi connectivity index (χ4n) is 0.925. The summed E-state index contributed by atoms with van der Waals surface area (Å²) in [5.74, 6) is 0.567. The molecule has 0 saturated heterocycles. The number of nitrogens with zero attached hydrogens (tertiary/aromatic N) is 1. The van der Waals surface area contributed by atoms with Gasteiger partial charge in [-0.2, -0.15) is 0 Å². The average molecular weight is 271 g/mol. The summed E-state index contributed by atoms with van der Waals surface area (Å²) in [7, 11) is 3.78. The van der Waals surface area contributed by atoms with Gasteiger partial charge in [-0.25, -0.2) is 0 Å². The van der Waals surface area contributed by atoms with E-state index in [9.17, 15) is 4.79 Å². The Morgan fingerprint density at radius 1 is 1.62 bits per heavy atom. The van der Waals surface area contributed by atoms with Gasteiger partial charge in [0.2, 0.25) is 0 Å². The fraction of sp³-hybridized carbons (Fsp3) is 0.273. The quantitative estimate of drug-likeness (QED) is 0.476. The van der Waals surface area contributed by atoms with E-state index < -0.39 is 0 Å². The Labute approximate surface area is 109 Å². The highest BCUT2D eigenvalue weighted by molar-refractivity contribution is 8.23. The van der Waals surface area contributed by atoms with Crippen LogP contribution >= 0.6 is 35.3 Å². The van der Waals surface area contributed by atoms with Crippen LogP contribution in [0.1, 0.15) is 9.67 Å². The van der Waals surface area contributed by atoms with E-state index >= 15 is 0 Å². The second kappa shape index (κ2) is 6.18. The molecule has 0 atom stereocenters. The number of carbonyl (C=O) groups excluding carboxylic acids is 1. The monoisotopic (exact) mass is 271 g/mol. The second-order valence-electron chi connectivity index (χ2n) is 3.36. The number of rotatable bonds is 4. The molecule has 0 aliphatic rings. The second-order valence-corrected chi connectivity index (χ2v) is 5.92. The van der Waals surface area contributed by atoms with Crippen LogP contribution < -0.4 is 0 Å². The van der Waals surface area contributed by atoms with E-state index in [-0.39, 0.29) is 5.78 Å². The fourth-order valence-corrected chi connectivity index (χ4v) is 2.50. The minimum absolute atomic E-state index is 0.0176. The lowest BCUT2D eigenvalue weighted by molar-refractivity contribution is 0.103.